The highest BCUT2D eigenvalue weighted by molar-refractivity contribution is 6.08. The molecule has 1 rings (SSSR count). The van der Waals surface area contributed by atoms with Crippen LogP contribution in [0.25, 0.3) is 0 Å². The van der Waals surface area contributed by atoms with Gasteiger partial charge in [-0.3, -0.25) is 19.3 Å². The van der Waals surface area contributed by atoms with E-state index in [4.69, 9.17) is 5.11 Å². The summed E-state index contributed by atoms with van der Waals surface area (Å²) in [5.74, 6) is -2.03. The first-order chi connectivity index (χ1) is 9.67. The van der Waals surface area contributed by atoms with Crippen LogP contribution in [0, 0.1) is 0 Å². The van der Waals surface area contributed by atoms with Gasteiger partial charge in [-0.2, -0.15) is 0 Å². The van der Waals surface area contributed by atoms with Crippen LogP contribution >= 0.6 is 0 Å². The molecule has 8 heteroatoms. The number of amides is 4. The lowest BCUT2D eigenvalue weighted by Gasteiger charge is -2.19. The average Bonchev–Trinajstić information content (AvgIpc) is 2.51. The quantitative estimate of drug-likeness (QED) is 0.576. The molecule has 0 saturated carbocycles. The second kappa shape index (κ2) is 6.55. The van der Waals surface area contributed by atoms with Gasteiger partial charge in [0.1, 0.15) is 12.1 Å². The molecule has 4 amide bonds. The standard InChI is InChI=1S/C13H21N3O5/c1-4-5-8(6-10(18)19)14-9(17)7-16-11(20)13(2,3)15-12(16)21/h8H,4-7H2,1-3H3,(H,14,17)(H,15,21)(H,18,19). The minimum absolute atomic E-state index is 0.189. The molecule has 1 aliphatic rings. The van der Waals surface area contributed by atoms with Crippen LogP contribution in [0.15, 0.2) is 0 Å². The fraction of sp³-hybridized carbons (Fsp3) is 0.692. The molecular formula is C13H21N3O5. The molecule has 118 valence electrons. The van der Waals surface area contributed by atoms with E-state index in [0.29, 0.717) is 12.8 Å². The van der Waals surface area contributed by atoms with Crippen LogP contribution < -0.4 is 10.6 Å². The van der Waals surface area contributed by atoms with E-state index in [0.717, 1.165) is 4.90 Å². The van der Waals surface area contributed by atoms with E-state index in [1.165, 1.54) is 0 Å². The topological polar surface area (TPSA) is 116 Å². The number of hydrogen-bond donors (Lipinski definition) is 3. The van der Waals surface area contributed by atoms with Crippen molar-refractivity contribution in [2.75, 3.05) is 6.54 Å². The van der Waals surface area contributed by atoms with Gasteiger partial charge in [0, 0.05) is 6.04 Å². The van der Waals surface area contributed by atoms with E-state index >= 15 is 0 Å². The first-order valence-corrected chi connectivity index (χ1v) is 6.82. The number of carboxylic acid groups (broad SMARTS) is 1. The average molecular weight is 299 g/mol. The summed E-state index contributed by atoms with van der Waals surface area (Å²) in [5, 5.41) is 13.8. The second-order valence-electron chi connectivity index (χ2n) is 5.60. The first kappa shape index (κ1) is 16.9. The first-order valence-electron chi connectivity index (χ1n) is 6.82. The number of carboxylic acids is 1. The summed E-state index contributed by atoms with van der Waals surface area (Å²) in [4.78, 5) is 47.0. The zero-order valence-corrected chi connectivity index (χ0v) is 12.4. The molecule has 0 aliphatic carbocycles. The SMILES string of the molecule is CCCC(CC(=O)O)NC(=O)CN1C(=O)NC(C)(C)C1=O. The van der Waals surface area contributed by atoms with E-state index < -0.39 is 41.9 Å². The molecule has 1 unspecified atom stereocenters. The Labute approximate surface area is 122 Å². The summed E-state index contributed by atoms with van der Waals surface area (Å²) in [7, 11) is 0. The lowest BCUT2D eigenvalue weighted by atomic mass is 10.1. The molecule has 8 nitrogen and oxygen atoms in total. The van der Waals surface area contributed by atoms with Crippen LogP contribution in [0.4, 0.5) is 4.79 Å². The number of aliphatic carboxylic acids is 1. The molecule has 1 heterocycles. The van der Waals surface area contributed by atoms with Crippen molar-refractivity contribution in [1.29, 1.82) is 0 Å². The maximum absolute atomic E-state index is 11.9. The van der Waals surface area contributed by atoms with Crippen molar-refractivity contribution in [3.05, 3.63) is 0 Å². The molecule has 0 radical (unpaired) electrons. The molecule has 1 saturated heterocycles. The molecule has 1 atom stereocenters. The summed E-state index contributed by atoms with van der Waals surface area (Å²) in [6.07, 6.45) is 1.04. The van der Waals surface area contributed by atoms with E-state index in [9.17, 15) is 19.2 Å². The second-order valence-corrected chi connectivity index (χ2v) is 5.60. The number of carbonyl (C=O) groups excluding carboxylic acids is 3. The smallest absolute Gasteiger partial charge is 0.325 e. The molecule has 0 bridgehead atoms. The van der Waals surface area contributed by atoms with Crippen molar-refractivity contribution >= 4 is 23.8 Å². The van der Waals surface area contributed by atoms with Crippen LogP contribution in [0.1, 0.15) is 40.0 Å². The molecule has 0 aromatic rings. The van der Waals surface area contributed by atoms with Gasteiger partial charge in [-0.05, 0) is 20.3 Å². The van der Waals surface area contributed by atoms with Crippen LogP contribution in [-0.2, 0) is 14.4 Å². The van der Waals surface area contributed by atoms with Gasteiger partial charge >= 0.3 is 12.0 Å². The summed E-state index contributed by atoms with van der Waals surface area (Å²) >= 11 is 0. The number of hydrogen-bond acceptors (Lipinski definition) is 4. The number of nitrogens with zero attached hydrogens (tertiary/aromatic N) is 1. The molecule has 0 aromatic carbocycles. The molecule has 0 aromatic heterocycles. The van der Waals surface area contributed by atoms with Crippen LogP contribution in [-0.4, -0.2) is 51.9 Å². The number of imide groups is 1. The molecular weight excluding hydrogens is 278 g/mol. The van der Waals surface area contributed by atoms with E-state index in [-0.39, 0.29) is 6.42 Å². The Bertz CT molecular complexity index is 461. The van der Waals surface area contributed by atoms with Gasteiger partial charge in [-0.1, -0.05) is 13.3 Å². The predicted octanol–water partition coefficient (Wildman–Crippen LogP) is 0.0764. The minimum Gasteiger partial charge on any atom is -0.481 e. The third kappa shape index (κ3) is 4.44. The Morgan fingerprint density at radius 2 is 2.00 bits per heavy atom. The van der Waals surface area contributed by atoms with Gasteiger partial charge in [0.25, 0.3) is 5.91 Å². The normalized spacial score (nSPS) is 18.3. The Hall–Kier alpha value is -2.12. The highest BCUT2D eigenvalue weighted by Crippen LogP contribution is 2.16. The number of nitrogens with one attached hydrogen (secondary N) is 2. The summed E-state index contributed by atoms with van der Waals surface area (Å²) < 4.78 is 0. The van der Waals surface area contributed by atoms with Gasteiger partial charge in [0.2, 0.25) is 5.91 Å². The minimum atomic E-state index is -1.03. The van der Waals surface area contributed by atoms with Gasteiger partial charge in [0.05, 0.1) is 6.42 Å². The van der Waals surface area contributed by atoms with Gasteiger partial charge in [-0.15, -0.1) is 0 Å². The largest absolute Gasteiger partial charge is 0.481 e. The monoisotopic (exact) mass is 299 g/mol. The van der Waals surface area contributed by atoms with Crippen molar-refractivity contribution in [3.63, 3.8) is 0 Å². The van der Waals surface area contributed by atoms with Crippen LogP contribution in [0.3, 0.4) is 0 Å². The van der Waals surface area contributed by atoms with Crippen molar-refractivity contribution in [2.45, 2.75) is 51.6 Å². The molecule has 0 spiro atoms. The third-order valence-corrected chi connectivity index (χ3v) is 3.17. The molecule has 21 heavy (non-hydrogen) atoms. The van der Waals surface area contributed by atoms with Crippen molar-refractivity contribution < 1.29 is 24.3 Å². The lowest BCUT2D eigenvalue weighted by molar-refractivity contribution is -0.138. The molecule has 1 fully saturated rings. The maximum atomic E-state index is 11.9. The Morgan fingerprint density at radius 1 is 1.38 bits per heavy atom. The fourth-order valence-electron chi connectivity index (χ4n) is 2.16. The molecule has 3 N–H and O–H groups in total. The van der Waals surface area contributed by atoms with Crippen molar-refractivity contribution in [1.82, 2.24) is 15.5 Å². The fourth-order valence-corrected chi connectivity index (χ4v) is 2.16. The van der Waals surface area contributed by atoms with E-state index in [1.807, 2.05) is 6.92 Å². The Kier molecular flexibility index (Phi) is 5.28. The van der Waals surface area contributed by atoms with Crippen LogP contribution in [0.5, 0.6) is 0 Å². The number of urea groups is 1. The molecule has 1 aliphatic heterocycles. The Morgan fingerprint density at radius 3 is 2.43 bits per heavy atom. The Balaban J connectivity index is 2.62. The highest BCUT2D eigenvalue weighted by Gasteiger charge is 2.44. The van der Waals surface area contributed by atoms with Gasteiger partial charge in [0.15, 0.2) is 0 Å². The third-order valence-electron chi connectivity index (χ3n) is 3.17. The van der Waals surface area contributed by atoms with Crippen molar-refractivity contribution in [2.24, 2.45) is 0 Å². The summed E-state index contributed by atoms with van der Waals surface area (Å²) in [5.41, 5.74) is -1.03. The highest BCUT2D eigenvalue weighted by atomic mass is 16.4. The summed E-state index contributed by atoms with van der Waals surface area (Å²) in [6, 6.07) is -1.13. The van der Waals surface area contributed by atoms with Gasteiger partial charge in [-0.25, -0.2) is 4.79 Å². The number of rotatable bonds is 7. The maximum Gasteiger partial charge on any atom is 0.325 e. The van der Waals surface area contributed by atoms with E-state index in [2.05, 4.69) is 10.6 Å². The zero-order chi connectivity index (χ0) is 16.2. The lowest BCUT2D eigenvalue weighted by Crippen LogP contribution is -2.46. The number of carbonyl (C=O) groups is 4. The van der Waals surface area contributed by atoms with Crippen LogP contribution in [0.2, 0.25) is 0 Å². The van der Waals surface area contributed by atoms with Gasteiger partial charge < -0.3 is 15.7 Å². The predicted molar refractivity (Wildman–Crippen MR) is 73.4 cm³/mol. The van der Waals surface area contributed by atoms with Crippen molar-refractivity contribution in [3.8, 4) is 0 Å². The van der Waals surface area contributed by atoms with E-state index in [1.54, 1.807) is 13.8 Å². The zero-order valence-electron chi connectivity index (χ0n) is 12.4. The summed E-state index contributed by atoms with van der Waals surface area (Å²) in [6.45, 7) is 4.57.